The molecule has 0 bridgehead atoms. The molecule has 0 aromatic rings. The van der Waals surface area contributed by atoms with E-state index >= 15 is 0 Å². The van der Waals surface area contributed by atoms with Crippen LogP contribution in [0.5, 0.6) is 0 Å². The van der Waals surface area contributed by atoms with E-state index in [2.05, 4.69) is 26.1 Å². The quantitative estimate of drug-likeness (QED) is 0.771. The van der Waals surface area contributed by atoms with Crippen molar-refractivity contribution in [3.63, 3.8) is 0 Å². The number of piperidine rings is 1. The minimum absolute atomic E-state index is 0.0193. The summed E-state index contributed by atoms with van der Waals surface area (Å²) >= 11 is 0. The van der Waals surface area contributed by atoms with Gasteiger partial charge in [-0.3, -0.25) is 4.79 Å². The van der Waals surface area contributed by atoms with Crippen LogP contribution in [0.25, 0.3) is 0 Å². The zero-order valence-electron chi connectivity index (χ0n) is 10.5. The van der Waals surface area contributed by atoms with Crippen LogP contribution >= 0.6 is 0 Å². The lowest BCUT2D eigenvalue weighted by atomic mass is 9.93. The van der Waals surface area contributed by atoms with Gasteiger partial charge in [0.2, 0.25) is 5.91 Å². The van der Waals surface area contributed by atoms with E-state index in [0.717, 1.165) is 32.4 Å². The van der Waals surface area contributed by atoms with E-state index in [1.807, 2.05) is 11.9 Å². The van der Waals surface area contributed by atoms with E-state index in [9.17, 15) is 4.79 Å². The number of hydrogen-bond donors (Lipinski definition) is 1. The molecule has 1 rings (SSSR count). The summed E-state index contributed by atoms with van der Waals surface area (Å²) < 4.78 is 0. The Labute approximate surface area is 93.2 Å². The van der Waals surface area contributed by atoms with Gasteiger partial charge in [0, 0.05) is 19.1 Å². The minimum atomic E-state index is -0.0193. The van der Waals surface area contributed by atoms with Gasteiger partial charge >= 0.3 is 0 Å². The fraction of sp³-hybridized carbons (Fsp3) is 0.917. The summed E-state index contributed by atoms with van der Waals surface area (Å²) in [5.41, 5.74) is -0.0193. The maximum Gasteiger partial charge on any atom is 0.227 e. The number of amides is 1. The molecule has 3 heteroatoms. The Balaban J connectivity index is 2.58. The molecule has 1 atom stereocenters. The molecule has 1 unspecified atom stereocenters. The van der Waals surface area contributed by atoms with Gasteiger partial charge in [-0.25, -0.2) is 0 Å². The van der Waals surface area contributed by atoms with Crippen LogP contribution in [0, 0.1) is 5.92 Å². The van der Waals surface area contributed by atoms with E-state index in [-0.39, 0.29) is 11.5 Å². The predicted octanol–water partition coefficient (Wildman–Crippen LogP) is 1.63. The maximum absolute atomic E-state index is 12.2. The van der Waals surface area contributed by atoms with Gasteiger partial charge in [0.25, 0.3) is 0 Å². The van der Waals surface area contributed by atoms with Gasteiger partial charge in [0.1, 0.15) is 0 Å². The van der Waals surface area contributed by atoms with E-state index < -0.39 is 0 Å². The van der Waals surface area contributed by atoms with Crippen LogP contribution < -0.4 is 5.32 Å². The van der Waals surface area contributed by atoms with Crippen LogP contribution in [-0.2, 0) is 4.79 Å². The highest BCUT2D eigenvalue weighted by Crippen LogP contribution is 2.21. The zero-order chi connectivity index (χ0) is 11.5. The van der Waals surface area contributed by atoms with E-state index in [0.29, 0.717) is 5.91 Å². The standard InChI is InChI=1S/C12H24N2O/c1-5-12(2,3)14(4)11(15)10-7-6-8-13-9-10/h10,13H,5-9H2,1-4H3. The van der Waals surface area contributed by atoms with Crippen LogP contribution in [0.4, 0.5) is 0 Å². The maximum atomic E-state index is 12.2. The van der Waals surface area contributed by atoms with Gasteiger partial charge in [-0.2, -0.15) is 0 Å². The van der Waals surface area contributed by atoms with Crippen molar-refractivity contribution >= 4 is 5.91 Å². The second-order valence-electron chi connectivity index (χ2n) is 5.11. The first-order valence-corrected chi connectivity index (χ1v) is 5.97. The third-order valence-electron chi connectivity index (χ3n) is 3.75. The van der Waals surface area contributed by atoms with Crippen LogP contribution in [0.3, 0.4) is 0 Å². The molecule has 0 aromatic carbocycles. The van der Waals surface area contributed by atoms with Gasteiger partial charge in [0.05, 0.1) is 5.92 Å². The van der Waals surface area contributed by atoms with Gasteiger partial charge in [-0.1, -0.05) is 6.92 Å². The van der Waals surface area contributed by atoms with Crippen molar-refractivity contribution in [3.8, 4) is 0 Å². The molecule has 3 nitrogen and oxygen atoms in total. The normalized spacial score (nSPS) is 22.5. The molecule has 1 heterocycles. The molecule has 0 aliphatic carbocycles. The second kappa shape index (κ2) is 4.97. The SMILES string of the molecule is CCC(C)(C)N(C)C(=O)C1CCCNC1. The van der Waals surface area contributed by atoms with E-state index in [1.54, 1.807) is 0 Å². The molecular formula is C12H24N2O. The summed E-state index contributed by atoms with van der Waals surface area (Å²) in [6.45, 7) is 8.29. The fourth-order valence-electron chi connectivity index (χ4n) is 1.87. The van der Waals surface area contributed by atoms with Crippen molar-refractivity contribution in [1.29, 1.82) is 0 Å². The summed E-state index contributed by atoms with van der Waals surface area (Å²) in [5, 5.41) is 3.29. The number of rotatable bonds is 3. The van der Waals surface area contributed by atoms with Crippen LogP contribution in [0.1, 0.15) is 40.0 Å². The topological polar surface area (TPSA) is 32.3 Å². The number of nitrogens with one attached hydrogen (secondary N) is 1. The molecule has 0 saturated carbocycles. The lowest BCUT2D eigenvalue weighted by molar-refractivity contribution is -0.139. The number of carbonyl (C=O) groups is 1. The van der Waals surface area contributed by atoms with Gasteiger partial charge in [-0.15, -0.1) is 0 Å². The van der Waals surface area contributed by atoms with Crippen molar-refractivity contribution in [2.24, 2.45) is 5.92 Å². The monoisotopic (exact) mass is 212 g/mol. The largest absolute Gasteiger partial charge is 0.340 e. The molecule has 0 radical (unpaired) electrons. The number of carbonyl (C=O) groups excluding carboxylic acids is 1. The van der Waals surface area contributed by atoms with Gasteiger partial charge in [0.15, 0.2) is 0 Å². The van der Waals surface area contributed by atoms with Crippen molar-refractivity contribution < 1.29 is 4.79 Å². The third kappa shape index (κ3) is 2.94. The smallest absolute Gasteiger partial charge is 0.227 e. The summed E-state index contributed by atoms with van der Waals surface area (Å²) in [6.07, 6.45) is 3.15. The van der Waals surface area contributed by atoms with E-state index in [4.69, 9.17) is 0 Å². The van der Waals surface area contributed by atoms with Crippen molar-refractivity contribution in [1.82, 2.24) is 10.2 Å². The molecule has 15 heavy (non-hydrogen) atoms. The Morgan fingerprint density at radius 3 is 2.67 bits per heavy atom. The first-order valence-electron chi connectivity index (χ1n) is 5.97. The van der Waals surface area contributed by atoms with Crippen molar-refractivity contribution in [3.05, 3.63) is 0 Å². The van der Waals surface area contributed by atoms with Crippen LogP contribution in [0.2, 0.25) is 0 Å². The summed E-state index contributed by atoms with van der Waals surface area (Å²) in [7, 11) is 1.93. The molecule has 1 aliphatic heterocycles. The summed E-state index contributed by atoms with van der Waals surface area (Å²) in [5.74, 6) is 0.489. The minimum Gasteiger partial charge on any atom is -0.340 e. The highest BCUT2D eigenvalue weighted by atomic mass is 16.2. The molecule has 1 fully saturated rings. The van der Waals surface area contributed by atoms with Crippen LogP contribution in [-0.4, -0.2) is 36.5 Å². The average Bonchev–Trinajstić information content (AvgIpc) is 2.28. The van der Waals surface area contributed by atoms with Crippen molar-refractivity contribution in [2.45, 2.75) is 45.6 Å². The molecule has 1 aliphatic rings. The van der Waals surface area contributed by atoms with E-state index in [1.165, 1.54) is 0 Å². The molecule has 0 spiro atoms. The molecule has 0 aromatic heterocycles. The highest BCUT2D eigenvalue weighted by molar-refractivity contribution is 5.79. The summed E-state index contributed by atoms with van der Waals surface area (Å²) in [6, 6.07) is 0. The molecular weight excluding hydrogens is 188 g/mol. The zero-order valence-corrected chi connectivity index (χ0v) is 10.5. The summed E-state index contributed by atoms with van der Waals surface area (Å²) in [4.78, 5) is 14.1. The Morgan fingerprint density at radius 2 is 2.20 bits per heavy atom. The molecule has 1 N–H and O–H groups in total. The van der Waals surface area contributed by atoms with Crippen LogP contribution in [0.15, 0.2) is 0 Å². The van der Waals surface area contributed by atoms with Gasteiger partial charge in [-0.05, 0) is 39.7 Å². The lowest BCUT2D eigenvalue weighted by Crippen LogP contribution is -2.49. The Hall–Kier alpha value is -0.570. The predicted molar refractivity (Wildman–Crippen MR) is 62.7 cm³/mol. The second-order valence-corrected chi connectivity index (χ2v) is 5.11. The molecule has 1 amide bonds. The van der Waals surface area contributed by atoms with Crippen molar-refractivity contribution in [2.75, 3.05) is 20.1 Å². The fourth-order valence-corrected chi connectivity index (χ4v) is 1.87. The average molecular weight is 212 g/mol. The number of nitrogens with zero attached hydrogens (tertiary/aromatic N) is 1. The molecule has 88 valence electrons. The molecule has 1 saturated heterocycles. The highest BCUT2D eigenvalue weighted by Gasteiger charge is 2.31. The Bertz CT molecular complexity index is 220. The first kappa shape index (κ1) is 12.5. The number of hydrogen-bond acceptors (Lipinski definition) is 2. The lowest BCUT2D eigenvalue weighted by Gasteiger charge is -2.38. The Kier molecular flexibility index (Phi) is 4.14. The first-order chi connectivity index (χ1) is 6.99. The van der Waals surface area contributed by atoms with Gasteiger partial charge < -0.3 is 10.2 Å². The third-order valence-corrected chi connectivity index (χ3v) is 3.75. The Morgan fingerprint density at radius 1 is 1.53 bits per heavy atom.